The maximum absolute atomic E-state index is 11.5. The first-order chi connectivity index (χ1) is 6.77. The van der Waals surface area contributed by atoms with Gasteiger partial charge in [-0.05, 0) is 25.3 Å². The maximum Gasteiger partial charge on any atom is 0.269 e. The minimum absolute atomic E-state index is 0.106. The lowest BCUT2D eigenvalue weighted by Crippen LogP contribution is -2.39. The summed E-state index contributed by atoms with van der Waals surface area (Å²) in [6.45, 7) is 0. The monoisotopic (exact) mass is 195 g/mol. The Hall–Kier alpha value is -1.36. The van der Waals surface area contributed by atoms with Crippen LogP contribution >= 0.6 is 0 Å². The van der Waals surface area contributed by atoms with E-state index in [1.165, 1.54) is 6.20 Å². The molecule has 1 saturated carbocycles. The zero-order valence-corrected chi connectivity index (χ0v) is 7.73. The van der Waals surface area contributed by atoms with E-state index in [0.29, 0.717) is 5.69 Å². The van der Waals surface area contributed by atoms with Crippen LogP contribution in [0.15, 0.2) is 12.3 Å². The van der Waals surface area contributed by atoms with Crippen molar-refractivity contribution in [1.82, 2.24) is 15.5 Å². The van der Waals surface area contributed by atoms with Gasteiger partial charge in [0.15, 0.2) is 0 Å². The molecule has 0 unspecified atom stereocenters. The highest BCUT2D eigenvalue weighted by molar-refractivity contribution is 5.92. The third kappa shape index (κ3) is 1.77. The van der Waals surface area contributed by atoms with E-state index < -0.39 is 6.10 Å². The Kier molecular flexibility index (Phi) is 2.49. The summed E-state index contributed by atoms with van der Waals surface area (Å²) >= 11 is 0. The topological polar surface area (TPSA) is 78.0 Å². The lowest BCUT2D eigenvalue weighted by atomic mass is 10.2. The predicted octanol–water partition coefficient (Wildman–Crippen LogP) is 0.0529. The second-order valence-electron chi connectivity index (χ2n) is 3.55. The molecule has 1 aliphatic rings. The molecule has 5 nitrogen and oxygen atoms in total. The lowest BCUT2D eigenvalue weighted by molar-refractivity contribution is 0.0868. The Bertz CT molecular complexity index is 310. The number of nitrogens with one attached hydrogen (secondary N) is 2. The Morgan fingerprint density at radius 2 is 2.50 bits per heavy atom. The van der Waals surface area contributed by atoms with Crippen LogP contribution in [0, 0.1) is 0 Å². The minimum Gasteiger partial charge on any atom is -0.391 e. The highest BCUT2D eigenvalue weighted by Crippen LogP contribution is 2.18. The van der Waals surface area contributed by atoms with Crippen LogP contribution in [-0.2, 0) is 0 Å². The molecule has 0 radical (unpaired) electrons. The molecule has 14 heavy (non-hydrogen) atoms. The molecule has 1 aromatic heterocycles. The van der Waals surface area contributed by atoms with E-state index >= 15 is 0 Å². The fourth-order valence-electron chi connectivity index (χ4n) is 1.74. The first-order valence-corrected chi connectivity index (χ1v) is 4.75. The van der Waals surface area contributed by atoms with Crippen molar-refractivity contribution >= 4 is 5.91 Å². The number of amides is 1. The Balaban J connectivity index is 1.95. The van der Waals surface area contributed by atoms with Crippen molar-refractivity contribution in [3.8, 4) is 0 Å². The summed E-state index contributed by atoms with van der Waals surface area (Å²) in [5.74, 6) is -0.201. The number of aliphatic hydroxyl groups excluding tert-OH is 1. The average Bonchev–Trinajstić information content (AvgIpc) is 2.77. The summed E-state index contributed by atoms with van der Waals surface area (Å²) in [5.41, 5.74) is 0.434. The van der Waals surface area contributed by atoms with Gasteiger partial charge in [-0.3, -0.25) is 9.89 Å². The van der Waals surface area contributed by atoms with Gasteiger partial charge in [-0.2, -0.15) is 5.10 Å². The molecule has 1 heterocycles. The molecule has 0 saturated heterocycles. The zero-order valence-electron chi connectivity index (χ0n) is 7.73. The van der Waals surface area contributed by atoms with Crippen molar-refractivity contribution in [2.75, 3.05) is 0 Å². The van der Waals surface area contributed by atoms with E-state index in [1.807, 2.05) is 0 Å². The standard InChI is InChI=1S/C9H13N3O2/c13-8-3-1-2-6(8)11-9(14)7-4-5-10-12-7/h4-6,8,13H,1-3H2,(H,10,12)(H,11,14)/t6-,8-/m1/s1. The molecule has 1 aromatic rings. The normalized spacial score (nSPS) is 26.4. The molecule has 1 fully saturated rings. The molecule has 0 bridgehead atoms. The first kappa shape index (κ1) is 9.21. The number of aliphatic hydroxyl groups is 1. The van der Waals surface area contributed by atoms with Crippen molar-refractivity contribution in [2.45, 2.75) is 31.4 Å². The van der Waals surface area contributed by atoms with Gasteiger partial charge in [0.25, 0.3) is 5.91 Å². The molecule has 5 heteroatoms. The molecular formula is C9H13N3O2. The summed E-state index contributed by atoms with van der Waals surface area (Å²) in [4.78, 5) is 11.5. The van der Waals surface area contributed by atoms with E-state index in [2.05, 4.69) is 15.5 Å². The molecule has 0 aromatic carbocycles. The van der Waals surface area contributed by atoms with Crippen LogP contribution in [-0.4, -0.2) is 33.4 Å². The Morgan fingerprint density at radius 1 is 1.64 bits per heavy atom. The number of aromatic amines is 1. The third-order valence-electron chi connectivity index (χ3n) is 2.54. The third-order valence-corrected chi connectivity index (χ3v) is 2.54. The average molecular weight is 195 g/mol. The summed E-state index contributed by atoms with van der Waals surface area (Å²) in [6, 6.07) is 1.50. The van der Waals surface area contributed by atoms with Crippen molar-refractivity contribution in [2.24, 2.45) is 0 Å². The van der Waals surface area contributed by atoms with Gasteiger partial charge in [-0.1, -0.05) is 0 Å². The SMILES string of the molecule is O=C(N[C@@H]1CCC[C@H]1O)c1ccn[nH]1. The van der Waals surface area contributed by atoms with Crippen molar-refractivity contribution < 1.29 is 9.90 Å². The Labute approximate surface area is 81.5 Å². The molecule has 0 aliphatic heterocycles. The van der Waals surface area contributed by atoms with Crippen molar-refractivity contribution in [1.29, 1.82) is 0 Å². The van der Waals surface area contributed by atoms with E-state index in [4.69, 9.17) is 0 Å². The molecule has 1 aliphatic carbocycles. The van der Waals surface area contributed by atoms with Gasteiger partial charge >= 0.3 is 0 Å². The van der Waals surface area contributed by atoms with Gasteiger partial charge in [0, 0.05) is 6.20 Å². The first-order valence-electron chi connectivity index (χ1n) is 4.75. The number of nitrogens with zero attached hydrogens (tertiary/aromatic N) is 1. The number of carbonyl (C=O) groups is 1. The van der Waals surface area contributed by atoms with Crippen LogP contribution in [0.5, 0.6) is 0 Å². The highest BCUT2D eigenvalue weighted by Gasteiger charge is 2.26. The second-order valence-corrected chi connectivity index (χ2v) is 3.55. The smallest absolute Gasteiger partial charge is 0.269 e. The van der Waals surface area contributed by atoms with E-state index in [1.54, 1.807) is 6.07 Å². The minimum atomic E-state index is -0.401. The number of carbonyl (C=O) groups excluding carboxylic acids is 1. The second kappa shape index (κ2) is 3.79. The number of hydrogen-bond donors (Lipinski definition) is 3. The molecule has 2 rings (SSSR count). The van der Waals surface area contributed by atoms with Gasteiger partial charge in [0.1, 0.15) is 5.69 Å². The summed E-state index contributed by atoms with van der Waals surface area (Å²) in [7, 11) is 0. The van der Waals surface area contributed by atoms with Crippen LogP contribution in [0.25, 0.3) is 0 Å². The maximum atomic E-state index is 11.5. The number of aromatic nitrogens is 2. The van der Waals surface area contributed by atoms with Crippen LogP contribution in [0.4, 0.5) is 0 Å². The number of H-pyrrole nitrogens is 1. The van der Waals surface area contributed by atoms with Gasteiger partial charge in [0.2, 0.25) is 0 Å². The van der Waals surface area contributed by atoms with Gasteiger partial charge < -0.3 is 10.4 Å². The van der Waals surface area contributed by atoms with Crippen LogP contribution < -0.4 is 5.32 Å². The van der Waals surface area contributed by atoms with E-state index in [9.17, 15) is 9.90 Å². The van der Waals surface area contributed by atoms with Crippen LogP contribution in [0.2, 0.25) is 0 Å². The largest absolute Gasteiger partial charge is 0.391 e. The van der Waals surface area contributed by atoms with Crippen molar-refractivity contribution in [3.05, 3.63) is 18.0 Å². The van der Waals surface area contributed by atoms with E-state index in [0.717, 1.165) is 19.3 Å². The van der Waals surface area contributed by atoms with Crippen LogP contribution in [0.3, 0.4) is 0 Å². The van der Waals surface area contributed by atoms with Gasteiger partial charge in [-0.25, -0.2) is 0 Å². The number of hydrogen-bond acceptors (Lipinski definition) is 3. The van der Waals surface area contributed by atoms with Gasteiger partial charge in [0.05, 0.1) is 12.1 Å². The molecule has 3 N–H and O–H groups in total. The summed E-state index contributed by atoms with van der Waals surface area (Å²) < 4.78 is 0. The fraction of sp³-hybridized carbons (Fsp3) is 0.556. The molecule has 0 spiro atoms. The summed E-state index contributed by atoms with van der Waals surface area (Å²) in [5, 5.41) is 18.5. The number of rotatable bonds is 2. The molecular weight excluding hydrogens is 182 g/mol. The Morgan fingerprint density at radius 3 is 3.07 bits per heavy atom. The van der Waals surface area contributed by atoms with Gasteiger partial charge in [-0.15, -0.1) is 0 Å². The fourth-order valence-corrected chi connectivity index (χ4v) is 1.74. The quantitative estimate of drug-likeness (QED) is 0.624. The van der Waals surface area contributed by atoms with E-state index in [-0.39, 0.29) is 11.9 Å². The zero-order chi connectivity index (χ0) is 9.97. The highest BCUT2D eigenvalue weighted by atomic mass is 16.3. The van der Waals surface area contributed by atoms with Crippen LogP contribution in [0.1, 0.15) is 29.8 Å². The molecule has 1 amide bonds. The summed E-state index contributed by atoms with van der Waals surface area (Å²) in [6.07, 6.45) is 3.71. The molecule has 2 atom stereocenters. The van der Waals surface area contributed by atoms with Crippen molar-refractivity contribution in [3.63, 3.8) is 0 Å². The predicted molar refractivity (Wildman–Crippen MR) is 49.7 cm³/mol. The lowest BCUT2D eigenvalue weighted by Gasteiger charge is -2.15. The molecule has 76 valence electrons.